The zero-order chi connectivity index (χ0) is 24.6. The molecule has 3 rings (SSSR count). The predicted molar refractivity (Wildman–Crippen MR) is 129 cm³/mol. The van der Waals surface area contributed by atoms with Crippen molar-refractivity contribution in [2.75, 3.05) is 56.6 Å². The summed E-state index contributed by atoms with van der Waals surface area (Å²) in [6.45, 7) is 1.76. The molecule has 12 heteroatoms. The molecular weight excluding hydrogens is 482 g/mol. The third kappa shape index (κ3) is 7.64. The standard InChI is InChI=1S/C22H35N3O7S2/c1-33(27,28)25(18-22(26)23-12-5-15-32-20-6-3-2-4-7-20)19-8-10-21(11-9-19)34(29,30)24-13-16-31-17-14-24/h8-11,20H,2-7,12-18H2,1H3,(H,23,26). The monoisotopic (exact) mass is 517 g/mol. The van der Waals surface area contributed by atoms with E-state index in [4.69, 9.17) is 9.47 Å². The Hall–Kier alpha value is -1.73. The van der Waals surface area contributed by atoms with Crippen molar-refractivity contribution >= 4 is 31.6 Å². The average molecular weight is 518 g/mol. The van der Waals surface area contributed by atoms with Crippen molar-refractivity contribution in [3.8, 4) is 0 Å². The van der Waals surface area contributed by atoms with Crippen molar-refractivity contribution < 1.29 is 31.1 Å². The predicted octanol–water partition coefficient (Wildman–Crippen LogP) is 1.33. The van der Waals surface area contributed by atoms with E-state index >= 15 is 0 Å². The third-order valence-electron chi connectivity index (χ3n) is 5.97. The van der Waals surface area contributed by atoms with E-state index in [1.54, 1.807) is 0 Å². The summed E-state index contributed by atoms with van der Waals surface area (Å²) in [6.07, 6.45) is 7.79. The van der Waals surface area contributed by atoms with Crippen LogP contribution in [-0.4, -0.2) is 85.4 Å². The van der Waals surface area contributed by atoms with E-state index < -0.39 is 32.5 Å². The first-order valence-electron chi connectivity index (χ1n) is 11.7. The van der Waals surface area contributed by atoms with Gasteiger partial charge in [0.15, 0.2) is 0 Å². The molecule has 2 fully saturated rings. The van der Waals surface area contributed by atoms with Gasteiger partial charge in [-0.05, 0) is 43.5 Å². The van der Waals surface area contributed by atoms with Gasteiger partial charge in [0.25, 0.3) is 0 Å². The van der Waals surface area contributed by atoms with Crippen LogP contribution in [0.5, 0.6) is 0 Å². The van der Waals surface area contributed by atoms with Crippen LogP contribution in [0, 0.1) is 0 Å². The first kappa shape index (κ1) is 26.9. The number of ether oxygens (including phenoxy) is 2. The van der Waals surface area contributed by atoms with Crippen LogP contribution in [0.2, 0.25) is 0 Å². The molecule has 0 unspecified atom stereocenters. The molecule has 1 aliphatic heterocycles. The van der Waals surface area contributed by atoms with Crippen LogP contribution in [0.15, 0.2) is 29.2 Å². The highest BCUT2D eigenvalue weighted by molar-refractivity contribution is 7.92. The number of carbonyl (C=O) groups is 1. The van der Waals surface area contributed by atoms with Gasteiger partial charge in [-0.25, -0.2) is 16.8 Å². The lowest BCUT2D eigenvalue weighted by atomic mass is 9.98. The van der Waals surface area contributed by atoms with Crippen LogP contribution in [-0.2, 0) is 34.3 Å². The van der Waals surface area contributed by atoms with Crippen LogP contribution in [0.4, 0.5) is 5.69 Å². The minimum absolute atomic E-state index is 0.0639. The number of carbonyl (C=O) groups excluding carboxylic acids is 1. The summed E-state index contributed by atoms with van der Waals surface area (Å²) >= 11 is 0. The third-order valence-corrected chi connectivity index (χ3v) is 9.02. The Bertz CT molecular complexity index is 1000. The number of rotatable bonds is 11. The van der Waals surface area contributed by atoms with Crippen molar-refractivity contribution in [3.05, 3.63) is 24.3 Å². The van der Waals surface area contributed by atoms with Gasteiger partial charge < -0.3 is 14.8 Å². The molecule has 34 heavy (non-hydrogen) atoms. The fourth-order valence-electron chi connectivity index (χ4n) is 4.09. The van der Waals surface area contributed by atoms with E-state index in [1.165, 1.54) is 47.8 Å². The highest BCUT2D eigenvalue weighted by atomic mass is 32.2. The van der Waals surface area contributed by atoms with Crippen LogP contribution in [0.1, 0.15) is 38.5 Å². The molecule has 192 valence electrons. The van der Waals surface area contributed by atoms with E-state index in [-0.39, 0.29) is 23.7 Å². The van der Waals surface area contributed by atoms with Gasteiger partial charge >= 0.3 is 0 Å². The van der Waals surface area contributed by atoms with Crippen molar-refractivity contribution in [1.29, 1.82) is 0 Å². The minimum atomic E-state index is -3.76. The molecular formula is C22H35N3O7S2. The lowest BCUT2D eigenvalue weighted by Crippen LogP contribution is -2.41. The van der Waals surface area contributed by atoms with Crippen LogP contribution in [0.3, 0.4) is 0 Å². The molecule has 10 nitrogen and oxygen atoms in total. The molecule has 0 aromatic heterocycles. The summed E-state index contributed by atoms with van der Waals surface area (Å²) in [5.74, 6) is -0.437. The quantitative estimate of drug-likeness (QED) is 0.439. The van der Waals surface area contributed by atoms with Crippen molar-refractivity contribution in [2.24, 2.45) is 0 Å². The first-order chi connectivity index (χ1) is 16.2. The molecule has 2 aliphatic rings. The normalized spacial score (nSPS) is 18.5. The zero-order valence-electron chi connectivity index (χ0n) is 19.6. The lowest BCUT2D eigenvalue weighted by Gasteiger charge is -2.26. The van der Waals surface area contributed by atoms with Crippen LogP contribution < -0.4 is 9.62 Å². The summed E-state index contributed by atoms with van der Waals surface area (Å²) in [7, 11) is -7.45. The topological polar surface area (TPSA) is 122 Å². The van der Waals surface area contributed by atoms with Gasteiger partial charge in [0.2, 0.25) is 26.0 Å². The van der Waals surface area contributed by atoms with E-state index in [0.717, 1.165) is 23.4 Å². The molecule has 0 atom stereocenters. The van der Waals surface area contributed by atoms with Gasteiger partial charge in [0.05, 0.1) is 36.2 Å². The maximum atomic E-state index is 12.8. The van der Waals surface area contributed by atoms with Gasteiger partial charge in [0.1, 0.15) is 6.54 Å². The summed E-state index contributed by atoms with van der Waals surface area (Å²) < 4.78 is 63.6. The van der Waals surface area contributed by atoms with Gasteiger partial charge in [-0.3, -0.25) is 9.10 Å². The number of sulfonamides is 2. The number of anilines is 1. The average Bonchev–Trinajstić information content (AvgIpc) is 2.83. The fourth-order valence-corrected chi connectivity index (χ4v) is 6.35. The van der Waals surface area contributed by atoms with Crippen molar-refractivity contribution in [1.82, 2.24) is 9.62 Å². The van der Waals surface area contributed by atoms with Gasteiger partial charge in [-0.1, -0.05) is 19.3 Å². The molecule has 1 aromatic rings. The Labute approximate surface area is 202 Å². The Balaban J connectivity index is 1.54. The van der Waals surface area contributed by atoms with Crippen molar-refractivity contribution in [3.63, 3.8) is 0 Å². The SMILES string of the molecule is CS(=O)(=O)N(CC(=O)NCCCOC1CCCCC1)c1ccc(S(=O)(=O)N2CCOCC2)cc1. The van der Waals surface area contributed by atoms with E-state index in [2.05, 4.69) is 5.32 Å². The number of hydrogen-bond donors (Lipinski definition) is 1. The number of benzene rings is 1. The largest absolute Gasteiger partial charge is 0.379 e. The Morgan fingerprint density at radius 3 is 2.35 bits per heavy atom. The molecule has 1 amide bonds. The molecule has 0 bridgehead atoms. The number of nitrogens with zero attached hydrogens (tertiary/aromatic N) is 2. The first-order valence-corrected chi connectivity index (χ1v) is 15.0. The van der Waals surface area contributed by atoms with Gasteiger partial charge in [-0.2, -0.15) is 4.31 Å². The summed E-state index contributed by atoms with van der Waals surface area (Å²) in [4.78, 5) is 12.5. The number of hydrogen-bond acceptors (Lipinski definition) is 7. The second kappa shape index (κ2) is 12.3. The lowest BCUT2D eigenvalue weighted by molar-refractivity contribution is -0.119. The number of morpholine rings is 1. The van der Waals surface area contributed by atoms with Gasteiger partial charge in [0, 0.05) is 26.2 Å². The molecule has 0 radical (unpaired) electrons. The van der Waals surface area contributed by atoms with E-state index in [1.807, 2.05) is 0 Å². The number of amides is 1. The number of nitrogens with one attached hydrogen (secondary N) is 1. The van der Waals surface area contributed by atoms with E-state index in [9.17, 15) is 21.6 Å². The Morgan fingerprint density at radius 2 is 1.74 bits per heavy atom. The molecule has 1 saturated heterocycles. The van der Waals surface area contributed by atoms with Crippen LogP contribution in [0.25, 0.3) is 0 Å². The van der Waals surface area contributed by atoms with Crippen LogP contribution >= 0.6 is 0 Å². The Kier molecular flexibility index (Phi) is 9.72. The van der Waals surface area contributed by atoms with Crippen molar-refractivity contribution in [2.45, 2.75) is 49.5 Å². The van der Waals surface area contributed by atoms with Gasteiger partial charge in [-0.15, -0.1) is 0 Å². The fraction of sp³-hybridized carbons (Fsp3) is 0.682. The molecule has 1 aromatic carbocycles. The summed E-state index contributed by atoms with van der Waals surface area (Å²) in [5.41, 5.74) is 0.221. The summed E-state index contributed by atoms with van der Waals surface area (Å²) in [6, 6.07) is 5.52. The minimum Gasteiger partial charge on any atom is -0.379 e. The molecule has 1 aliphatic carbocycles. The maximum Gasteiger partial charge on any atom is 0.243 e. The highest BCUT2D eigenvalue weighted by Gasteiger charge is 2.27. The maximum absolute atomic E-state index is 12.8. The molecule has 1 heterocycles. The molecule has 1 saturated carbocycles. The summed E-state index contributed by atoms with van der Waals surface area (Å²) in [5, 5.41) is 2.73. The second-order valence-corrected chi connectivity index (χ2v) is 12.5. The molecule has 0 spiro atoms. The molecule has 1 N–H and O–H groups in total. The zero-order valence-corrected chi connectivity index (χ0v) is 21.3. The van der Waals surface area contributed by atoms with E-state index in [0.29, 0.717) is 38.9 Å². The second-order valence-electron chi connectivity index (χ2n) is 8.61. The smallest absolute Gasteiger partial charge is 0.243 e. The Morgan fingerprint density at radius 1 is 1.09 bits per heavy atom. The highest BCUT2D eigenvalue weighted by Crippen LogP contribution is 2.23.